The van der Waals surface area contributed by atoms with Crippen LogP contribution in [0.1, 0.15) is 60.3 Å². The van der Waals surface area contributed by atoms with Gasteiger partial charge in [-0.1, -0.05) is 55.4 Å². The van der Waals surface area contributed by atoms with E-state index in [1.165, 1.54) is 11.8 Å². The van der Waals surface area contributed by atoms with Crippen molar-refractivity contribution in [3.8, 4) is 0 Å². The number of nitrogens with one attached hydrogen (secondary N) is 2. The molecule has 37 heavy (non-hydrogen) atoms. The Balaban J connectivity index is 1.69. The fraction of sp³-hybridized carbons (Fsp3) is 0.346. The molecule has 0 fully saturated rings. The Bertz CT molecular complexity index is 1260. The molecular formula is C26H30ClN5O4S. The van der Waals surface area contributed by atoms with Gasteiger partial charge < -0.3 is 19.9 Å². The Kier molecular flexibility index (Phi) is 10.1. The molecule has 1 heterocycles. The van der Waals surface area contributed by atoms with Gasteiger partial charge in [-0.15, -0.1) is 10.2 Å². The Morgan fingerprint density at radius 2 is 1.84 bits per heavy atom. The second kappa shape index (κ2) is 13.3. The Hall–Kier alpha value is -3.37. The van der Waals surface area contributed by atoms with E-state index in [0.717, 1.165) is 0 Å². The molecule has 3 rings (SSSR count). The van der Waals surface area contributed by atoms with Gasteiger partial charge in [-0.3, -0.25) is 9.59 Å². The van der Waals surface area contributed by atoms with Crippen molar-refractivity contribution in [2.45, 2.75) is 45.4 Å². The number of aromatic nitrogens is 3. The lowest BCUT2D eigenvalue weighted by atomic mass is 10.0. The summed E-state index contributed by atoms with van der Waals surface area (Å²) in [6.45, 7) is 8.48. The maximum Gasteiger partial charge on any atom is 0.338 e. The van der Waals surface area contributed by atoms with Gasteiger partial charge in [-0.05, 0) is 50.1 Å². The maximum absolute atomic E-state index is 12.9. The van der Waals surface area contributed by atoms with Crippen LogP contribution in [0.5, 0.6) is 0 Å². The summed E-state index contributed by atoms with van der Waals surface area (Å²) in [7, 11) is 0. The molecule has 2 N–H and O–H groups in total. The molecule has 1 atom stereocenters. The smallest absolute Gasteiger partial charge is 0.338 e. The van der Waals surface area contributed by atoms with Gasteiger partial charge in [0, 0.05) is 12.2 Å². The first-order chi connectivity index (χ1) is 17.7. The van der Waals surface area contributed by atoms with E-state index in [-0.39, 0.29) is 30.1 Å². The molecule has 196 valence electrons. The molecule has 2 amide bonds. The minimum atomic E-state index is -0.446. The third-order valence-electron chi connectivity index (χ3n) is 5.40. The highest BCUT2D eigenvalue weighted by molar-refractivity contribution is 7.99. The van der Waals surface area contributed by atoms with Gasteiger partial charge in [0.2, 0.25) is 5.91 Å². The van der Waals surface area contributed by atoms with Crippen molar-refractivity contribution in [3.05, 3.63) is 70.5 Å². The number of hydrogen-bond acceptors (Lipinski definition) is 7. The lowest BCUT2D eigenvalue weighted by Crippen LogP contribution is -2.34. The number of amides is 2. The van der Waals surface area contributed by atoms with Crippen LogP contribution in [-0.4, -0.2) is 44.9 Å². The predicted molar refractivity (Wildman–Crippen MR) is 144 cm³/mol. The molecule has 0 spiro atoms. The topological polar surface area (TPSA) is 115 Å². The van der Waals surface area contributed by atoms with Gasteiger partial charge in [-0.25, -0.2) is 4.79 Å². The van der Waals surface area contributed by atoms with Crippen molar-refractivity contribution in [3.63, 3.8) is 0 Å². The van der Waals surface area contributed by atoms with Gasteiger partial charge in [-0.2, -0.15) is 0 Å². The molecule has 11 heteroatoms. The SMILES string of the molecule is CCOC(=O)c1cccc(NC(=O)CSc2nnc([C@@H](NC(=O)c3ccccc3Cl)C(C)C)n2CC)c1. The number of benzene rings is 2. The van der Waals surface area contributed by atoms with Gasteiger partial charge in [0.1, 0.15) is 0 Å². The monoisotopic (exact) mass is 543 g/mol. The van der Waals surface area contributed by atoms with Crippen LogP contribution in [0.3, 0.4) is 0 Å². The molecule has 9 nitrogen and oxygen atoms in total. The minimum absolute atomic E-state index is 0.0220. The molecule has 1 aromatic heterocycles. The molecule has 0 aliphatic carbocycles. The number of hydrogen-bond donors (Lipinski definition) is 2. The van der Waals surface area contributed by atoms with E-state index >= 15 is 0 Å². The summed E-state index contributed by atoms with van der Waals surface area (Å²) in [5.41, 5.74) is 1.24. The van der Waals surface area contributed by atoms with Gasteiger partial charge in [0.25, 0.3) is 5.91 Å². The van der Waals surface area contributed by atoms with Crippen LogP contribution in [0.2, 0.25) is 5.02 Å². The van der Waals surface area contributed by atoms with Crippen LogP contribution in [0, 0.1) is 5.92 Å². The van der Waals surface area contributed by atoms with E-state index < -0.39 is 12.0 Å². The van der Waals surface area contributed by atoms with Crippen LogP contribution in [0.15, 0.2) is 53.7 Å². The van der Waals surface area contributed by atoms with Crippen LogP contribution in [0.25, 0.3) is 0 Å². The first kappa shape index (κ1) is 28.2. The highest BCUT2D eigenvalue weighted by Gasteiger charge is 2.27. The van der Waals surface area contributed by atoms with Crippen molar-refractivity contribution in [2.24, 2.45) is 5.92 Å². The van der Waals surface area contributed by atoms with Crippen molar-refractivity contribution in [1.29, 1.82) is 0 Å². The van der Waals surface area contributed by atoms with Crippen LogP contribution in [0.4, 0.5) is 5.69 Å². The van der Waals surface area contributed by atoms with Crippen molar-refractivity contribution >= 4 is 46.8 Å². The zero-order valence-electron chi connectivity index (χ0n) is 21.2. The number of rotatable bonds is 11. The van der Waals surface area contributed by atoms with Crippen molar-refractivity contribution < 1.29 is 19.1 Å². The molecule has 0 aliphatic heterocycles. The molecule has 0 radical (unpaired) electrons. The number of esters is 1. The quantitative estimate of drug-likeness (QED) is 0.259. The average Bonchev–Trinajstić information content (AvgIpc) is 3.28. The molecule has 0 aliphatic rings. The Morgan fingerprint density at radius 3 is 2.51 bits per heavy atom. The van der Waals surface area contributed by atoms with Crippen molar-refractivity contribution in [2.75, 3.05) is 17.7 Å². The van der Waals surface area contributed by atoms with Crippen LogP contribution in [-0.2, 0) is 16.1 Å². The van der Waals surface area contributed by atoms with Gasteiger partial charge >= 0.3 is 5.97 Å². The molecule has 3 aromatic rings. The van der Waals surface area contributed by atoms with E-state index in [1.54, 1.807) is 55.5 Å². The number of carbonyl (C=O) groups excluding carboxylic acids is 3. The zero-order valence-corrected chi connectivity index (χ0v) is 22.7. The fourth-order valence-electron chi connectivity index (χ4n) is 3.59. The summed E-state index contributed by atoms with van der Waals surface area (Å²) >= 11 is 7.44. The summed E-state index contributed by atoms with van der Waals surface area (Å²) in [6.07, 6.45) is 0. The number of ether oxygens (including phenoxy) is 1. The first-order valence-corrected chi connectivity index (χ1v) is 13.3. The standard InChI is InChI=1S/C26H30ClN5O4S/c1-5-32-23(22(16(3)4)29-24(34)19-12-7-8-13-20(19)27)30-31-26(32)37-15-21(33)28-18-11-9-10-17(14-18)25(35)36-6-2/h7-14,16,22H,5-6,15H2,1-4H3,(H,28,33)(H,29,34)/t22-/m0/s1. The van der Waals surface area contributed by atoms with Gasteiger partial charge in [0.05, 0.1) is 34.6 Å². The second-order valence-corrected chi connectivity index (χ2v) is 9.75. The Labute approximate surface area is 225 Å². The summed E-state index contributed by atoms with van der Waals surface area (Å²) in [6, 6.07) is 13.0. The molecule has 2 aromatic carbocycles. The molecule has 0 saturated heterocycles. The number of thioether (sulfide) groups is 1. The van der Waals surface area contributed by atoms with E-state index in [1.807, 2.05) is 25.3 Å². The summed E-state index contributed by atoms with van der Waals surface area (Å²) in [5, 5.41) is 15.4. The van der Waals surface area contributed by atoms with E-state index in [9.17, 15) is 14.4 Å². The summed E-state index contributed by atoms with van der Waals surface area (Å²) in [5.74, 6) is -0.297. The largest absolute Gasteiger partial charge is 0.462 e. The third-order valence-corrected chi connectivity index (χ3v) is 6.70. The average molecular weight is 544 g/mol. The number of nitrogens with zero attached hydrogens (tertiary/aromatic N) is 3. The number of halogens is 1. The third kappa shape index (κ3) is 7.33. The first-order valence-electron chi connectivity index (χ1n) is 11.9. The molecule has 0 saturated carbocycles. The highest BCUT2D eigenvalue weighted by Crippen LogP contribution is 2.26. The van der Waals surface area contributed by atoms with Gasteiger partial charge in [0.15, 0.2) is 11.0 Å². The molecular weight excluding hydrogens is 514 g/mol. The van der Waals surface area contributed by atoms with Crippen LogP contribution < -0.4 is 10.6 Å². The van der Waals surface area contributed by atoms with Crippen LogP contribution >= 0.6 is 23.4 Å². The Morgan fingerprint density at radius 1 is 1.08 bits per heavy atom. The predicted octanol–water partition coefficient (Wildman–Crippen LogP) is 4.99. The van der Waals surface area contributed by atoms with E-state index in [0.29, 0.717) is 39.4 Å². The normalized spacial score (nSPS) is 11.7. The van der Waals surface area contributed by atoms with E-state index in [2.05, 4.69) is 20.8 Å². The maximum atomic E-state index is 12.9. The summed E-state index contributed by atoms with van der Waals surface area (Å²) < 4.78 is 6.89. The lowest BCUT2D eigenvalue weighted by Gasteiger charge is -2.22. The highest BCUT2D eigenvalue weighted by atomic mass is 35.5. The molecule has 0 unspecified atom stereocenters. The minimum Gasteiger partial charge on any atom is -0.462 e. The summed E-state index contributed by atoms with van der Waals surface area (Å²) in [4.78, 5) is 37.5. The fourth-order valence-corrected chi connectivity index (χ4v) is 4.62. The number of carbonyl (C=O) groups is 3. The molecule has 0 bridgehead atoms. The van der Waals surface area contributed by atoms with Crippen molar-refractivity contribution in [1.82, 2.24) is 20.1 Å². The second-order valence-electron chi connectivity index (χ2n) is 8.40. The lowest BCUT2D eigenvalue weighted by molar-refractivity contribution is -0.113. The zero-order chi connectivity index (χ0) is 26.9. The number of anilines is 1. The van der Waals surface area contributed by atoms with E-state index in [4.69, 9.17) is 16.3 Å².